The van der Waals surface area contributed by atoms with Crippen LogP contribution in [0.1, 0.15) is 17.4 Å². The monoisotopic (exact) mass is 494 g/mol. The van der Waals surface area contributed by atoms with E-state index in [0.29, 0.717) is 0 Å². The first kappa shape index (κ1) is 23.4. The fraction of sp³-hybridized carbons (Fsp3) is 0.182. The van der Waals surface area contributed by atoms with E-state index in [-0.39, 0.29) is 22.0 Å². The van der Waals surface area contributed by atoms with Crippen LogP contribution in [0.15, 0.2) is 76.2 Å². The molecule has 0 aliphatic carbocycles. The van der Waals surface area contributed by atoms with Gasteiger partial charge in [-0.05, 0) is 48.5 Å². The molecular formula is C22H17F3N2O6S. The van der Waals surface area contributed by atoms with Crippen molar-refractivity contribution in [1.82, 2.24) is 0 Å². The van der Waals surface area contributed by atoms with Crippen LogP contribution in [-0.2, 0) is 19.4 Å². The fourth-order valence-corrected chi connectivity index (χ4v) is 5.42. The number of alkyl halides is 3. The zero-order chi connectivity index (χ0) is 24.5. The largest absolute Gasteiger partial charge is 0.573 e. The van der Waals surface area contributed by atoms with Gasteiger partial charge < -0.3 is 19.4 Å². The number of ether oxygens (including phenoxy) is 1. The standard InChI is InChI=1S/C22H17F3N2O6S/c23-22(24,25)33-15-9-7-14(8-10-15)26-20(28)13-27-16-4-1-2-6-18(16)34(30,31)19(12-21(27)29)17-5-3-11-32-17/h1-11,19H,12-13H2,(H,26,28). The van der Waals surface area contributed by atoms with E-state index in [2.05, 4.69) is 10.1 Å². The van der Waals surface area contributed by atoms with Gasteiger partial charge >= 0.3 is 6.36 Å². The molecule has 1 aliphatic heterocycles. The maximum atomic E-state index is 13.3. The van der Waals surface area contributed by atoms with Crippen molar-refractivity contribution in [3.8, 4) is 5.75 Å². The van der Waals surface area contributed by atoms with Gasteiger partial charge in [-0.2, -0.15) is 0 Å². The van der Waals surface area contributed by atoms with Crippen LogP contribution in [0.3, 0.4) is 0 Å². The lowest BCUT2D eigenvalue weighted by atomic mass is 10.2. The number of benzene rings is 2. The molecule has 3 aromatic rings. The van der Waals surface area contributed by atoms with Gasteiger partial charge in [0.25, 0.3) is 0 Å². The molecule has 2 aromatic carbocycles. The highest BCUT2D eigenvalue weighted by Gasteiger charge is 2.41. The minimum atomic E-state index is -4.85. The molecule has 2 heterocycles. The molecule has 0 radical (unpaired) electrons. The SMILES string of the molecule is O=C(CN1C(=O)CC(c2ccco2)S(=O)(=O)c2ccccc21)Nc1ccc(OC(F)(F)F)cc1. The third kappa shape index (κ3) is 4.91. The van der Waals surface area contributed by atoms with Gasteiger partial charge in [0.1, 0.15) is 23.3 Å². The van der Waals surface area contributed by atoms with Crippen molar-refractivity contribution < 1.29 is 40.3 Å². The number of sulfone groups is 1. The molecule has 0 bridgehead atoms. The number of nitrogens with one attached hydrogen (secondary N) is 1. The minimum absolute atomic E-state index is 0.0469. The average molecular weight is 494 g/mol. The molecule has 12 heteroatoms. The van der Waals surface area contributed by atoms with Crippen LogP contribution in [0.25, 0.3) is 0 Å². The van der Waals surface area contributed by atoms with Gasteiger partial charge in [0.2, 0.25) is 11.8 Å². The highest BCUT2D eigenvalue weighted by molar-refractivity contribution is 7.91. The number of rotatable bonds is 5. The van der Waals surface area contributed by atoms with Gasteiger partial charge in [0.05, 0.1) is 23.3 Å². The summed E-state index contributed by atoms with van der Waals surface area (Å²) in [6.45, 7) is -0.517. The van der Waals surface area contributed by atoms with Crippen molar-refractivity contribution in [3.63, 3.8) is 0 Å². The quantitative estimate of drug-likeness (QED) is 0.573. The van der Waals surface area contributed by atoms with Crippen molar-refractivity contribution in [1.29, 1.82) is 0 Å². The number of carbonyl (C=O) groups is 2. The molecule has 0 spiro atoms. The van der Waals surface area contributed by atoms with E-state index in [9.17, 15) is 31.2 Å². The maximum absolute atomic E-state index is 13.3. The summed E-state index contributed by atoms with van der Waals surface area (Å²) < 4.78 is 72.5. The van der Waals surface area contributed by atoms with Crippen molar-refractivity contribution >= 4 is 33.0 Å². The van der Waals surface area contributed by atoms with Crippen LogP contribution in [0, 0.1) is 0 Å². The number of para-hydroxylation sites is 1. The molecule has 1 N–H and O–H groups in total. The van der Waals surface area contributed by atoms with Gasteiger partial charge in [-0.15, -0.1) is 13.2 Å². The van der Waals surface area contributed by atoms with E-state index in [4.69, 9.17) is 4.42 Å². The summed E-state index contributed by atoms with van der Waals surface area (Å²) in [5.41, 5.74) is 0.210. The van der Waals surface area contributed by atoms with Crippen LogP contribution < -0.4 is 15.0 Å². The Morgan fingerprint density at radius 2 is 1.79 bits per heavy atom. The number of nitrogens with zero attached hydrogens (tertiary/aromatic N) is 1. The Hall–Kier alpha value is -3.80. The Labute approximate surface area is 191 Å². The number of amides is 2. The number of fused-ring (bicyclic) bond motifs is 1. The summed E-state index contributed by atoms with van der Waals surface area (Å²) in [4.78, 5) is 26.6. The first-order valence-electron chi connectivity index (χ1n) is 9.87. The van der Waals surface area contributed by atoms with Crippen molar-refractivity contribution in [2.24, 2.45) is 0 Å². The normalized spacial score (nSPS) is 17.6. The predicted octanol–water partition coefficient (Wildman–Crippen LogP) is 4.07. The van der Waals surface area contributed by atoms with Gasteiger partial charge in [0, 0.05) is 5.69 Å². The molecule has 0 fully saturated rings. The molecule has 0 saturated heterocycles. The lowest BCUT2D eigenvalue weighted by Gasteiger charge is -2.21. The average Bonchev–Trinajstić information content (AvgIpc) is 3.28. The molecule has 0 saturated carbocycles. The second-order valence-corrected chi connectivity index (χ2v) is 9.42. The zero-order valence-electron chi connectivity index (χ0n) is 17.3. The number of halogens is 3. The zero-order valence-corrected chi connectivity index (χ0v) is 18.1. The second kappa shape index (κ2) is 8.86. The number of hydrogen-bond donors (Lipinski definition) is 1. The predicted molar refractivity (Wildman–Crippen MR) is 114 cm³/mol. The lowest BCUT2D eigenvalue weighted by Crippen LogP contribution is -2.38. The van der Waals surface area contributed by atoms with Crippen LogP contribution in [0.5, 0.6) is 5.75 Å². The number of hydrogen-bond acceptors (Lipinski definition) is 6. The molecule has 1 aromatic heterocycles. The summed E-state index contributed by atoms with van der Waals surface area (Å²) >= 11 is 0. The Morgan fingerprint density at radius 3 is 2.44 bits per heavy atom. The highest BCUT2D eigenvalue weighted by Crippen LogP contribution is 2.40. The van der Waals surface area contributed by atoms with Crippen molar-refractivity contribution in [3.05, 3.63) is 72.7 Å². The van der Waals surface area contributed by atoms with Crippen LogP contribution in [-0.4, -0.2) is 33.1 Å². The lowest BCUT2D eigenvalue weighted by molar-refractivity contribution is -0.274. The van der Waals surface area contributed by atoms with E-state index in [1.807, 2.05) is 0 Å². The van der Waals surface area contributed by atoms with E-state index in [0.717, 1.165) is 17.0 Å². The van der Waals surface area contributed by atoms with E-state index < -0.39 is 52.0 Å². The highest BCUT2D eigenvalue weighted by atomic mass is 32.2. The first-order chi connectivity index (χ1) is 16.0. The topological polar surface area (TPSA) is 106 Å². The Morgan fingerprint density at radius 1 is 1.09 bits per heavy atom. The minimum Gasteiger partial charge on any atom is -0.468 e. The molecule has 8 nitrogen and oxygen atoms in total. The molecule has 178 valence electrons. The van der Waals surface area contributed by atoms with Gasteiger partial charge in [-0.1, -0.05) is 12.1 Å². The smallest absolute Gasteiger partial charge is 0.468 e. The first-order valence-corrected chi connectivity index (χ1v) is 11.4. The van der Waals surface area contributed by atoms with Crippen molar-refractivity contribution in [2.45, 2.75) is 22.9 Å². The fourth-order valence-electron chi connectivity index (χ4n) is 3.57. The molecular weight excluding hydrogens is 477 g/mol. The Bertz CT molecular complexity index is 1310. The maximum Gasteiger partial charge on any atom is 0.573 e. The number of carbonyl (C=O) groups excluding carboxylic acids is 2. The Balaban J connectivity index is 1.57. The third-order valence-corrected chi connectivity index (χ3v) is 7.14. The van der Waals surface area contributed by atoms with Gasteiger partial charge in [-0.25, -0.2) is 8.42 Å². The summed E-state index contributed by atoms with van der Waals surface area (Å²) in [7, 11) is -4.02. The molecule has 1 unspecified atom stereocenters. The number of furan rings is 1. The second-order valence-electron chi connectivity index (χ2n) is 7.32. The van der Waals surface area contributed by atoms with Crippen LogP contribution >= 0.6 is 0 Å². The molecule has 1 aliphatic rings. The Kier molecular flexibility index (Phi) is 6.09. The molecule has 1 atom stereocenters. The molecule has 4 rings (SSSR count). The van der Waals surface area contributed by atoms with E-state index >= 15 is 0 Å². The summed E-state index contributed by atoms with van der Waals surface area (Å²) in [6, 6.07) is 13.3. The third-order valence-electron chi connectivity index (χ3n) is 5.03. The van der Waals surface area contributed by atoms with Gasteiger partial charge in [0.15, 0.2) is 9.84 Å². The van der Waals surface area contributed by atoms with Crippen LogP contribution in [0.4, 0.5) is 24.5 Å². The van der Waals surface area contributed by atoms with E-state index in [1.54, 1.807) is 6.07 Å². The summed E-state index contributed by atoms with van der Waals surface area (Å²) in [5, 5.41) is 1.21. The summed E-state index contributed by atoms with van der Waals surface area (Å²) in [6.07, 6.45) is -3.98. The summed E-state index contributed by atoms with van der Waals surface area (Å²) in [5.74, 6) is -1.65. The number of anilines is 2. The molecule has 2 amide bonds. The van der Waals surface area contributed by atoms with Gasteiger partial charge in [-0.3, -0.25) is 9.59 Å². The van der Waals surface area contributed by atoms with Crippen LogP contribution in [0.2, 0.25) is 0 Å². The molecule has 34 heavy (non-hydrogen) atoms. The van der Waals surface area contributed by atoms with Crippen molar-refractivity contribution in [2.75, 3.05) is 16.8 Å². The van der Waals surface area contributed by atoms with E-state index in [1.165, 1.54) is 48.7 Å².